The molecule has 1 aromatic carbocycles. The number of rotatable bonds is 5. The van der Waals surface area contributed by atoms with Crippen molar-refractivity contribution in [3.63, 3.8) is 0 Å². The summed E-state index contributed by atoms with van der Waals surface area (Å²) in [4.78, 5) is 13.5. The lowest BCUT2D eigenvalue weighted by atomic mass is 10.1. The number of amides is 1. The summed E-state index contributed by atoms with van der Waals surface area (Å²) < 4.78 is 10.3. The van der Waals surface area contributed by atoms with Gasteiger partial charge in [0.25, 0.3) is 5.91 Å². The number of hydrogen-bond donors (Lipinski definition) is 1. The fraction of sp³-hybridized carbons (Fsp3) is 0.312. The average Bonchev–Trinajstić information content (AvgIpc) is 2.83. The monoisotopic (exact) mass is 305 g/mol. The summed E-state index contributed by atoms with van der Waals surface area (Å²) in [6, 6.07) is 5.14. The summed E-state index contributed by atoms with van der Waals surface area (Å²) in [6.45, 7) is 4.68. The maximum atomic E-state index is 12.3. The summed E-state index contributed by atoms with van der Waals surface area (Å²) in [5, 5.41) is 5.01. The van der Waals surface area contributed by atoms with Gasteiger partial charge in [-0.15, -0.1) is 11.3 Å². The van der Waals surface area contributed by atoms with Gasteiger partial charge in [0.15, 0.2) is 0 Å². The molecule has 2 rings (SSSR count). The second-order valence-corrected chi connectivity index (χ2v) is 5.81. The van der Waals surface area contributed by atoms with Crippen LogP contribution in [0.4, 0.5) is 0 Å². The Hall–Kier alpha value is -2.01. The van der Waals surface area contributed by atoms with Crippen molar-refractivity contribution in [3.05, 3.63) is 45.1 Å². The Balaban J connectivity index is 2.11. The molecule has 5 heteroatoms. The van der Waals surface area contributed by atoms with E-state index in [9.17, 15) is 4.79 Å². The number of nitrogens with one attached hydrogen (secondary N) is 1. The lowest BCUT2D eigenvalue weighted by Gasteiger charge is -2.09. The maximum absolute atomic E-state index is 12.3. The summed E-state index contributed by atoms with van der Waals surface area (Å²) in [5.41, 5.74) is 2.92. The summed E-state index contributed by atoms with van der Waals surface area (Å²) in [6.07, 6.45) is 0. The normalized spacial score (nSPS) is 10.3. The predicted molar refractivity (Wildman–Crippen MR) is 84.5 cm³/mol. The second kappa shape index (κ2) is 6.63. The largest absolute Gasteiger partial charge is 0.497 e. The molecule has 0 saturated carbocycles. The van der Waals surface area contributed by atoms with E-state index >= 15 is 0 Å². The van der Waals surface area contributed by atoms with Crippen molar-refractivity contribution in [1.82, 2.24) is 5.32 Å². The number of carbonyl (C=O) groups is 1. The van der Waals surface area contributed by atoms with E-state index in [4.69, 9.17) is 9.47 Å². The van der Waals surface area contributed by atoms with Crippen molar-refractivity contribution in [2.75, 3.05) is 14.2 Å². The number of thiophene rings is 1. The molecule has 0 radical (unpaired) electrons. The van der Waals surface area contributed by atoms with Gasteiger partial charge in [-0.05, 0) is 42.5 Å². The highest BCUT2D eigenvalue weighted by Crippen LogP contribution is 2.23. The standard InChI is InChI=1S/C16H19NO3S/c1-10-11(2)21-9-13(10)8-17-16(18)12-5-14(19-3)7-15(6-12)20-4/h5-7,9H,8H2,1-4H3,(H,17,18). The Morgan fingerprint density at radius 2 is 1.76 bits per heavy atom. The topological polar surface area (TPSA) is 47.6 Å². The molecule has 1 N–H and O–H groups in total. The third kappa shape index (κ3) is 3.55. The van der Waals surface area contributed by atoms with Gasteiger partial charge in [-0.3, -0.25) is 4.79 Å². The van der Waals surface area contributed by atoms with E-state index in [0.29, 0.717) is 23.6 Å². The zero-order chi connectivity index (χ0) is 15.4. The van der Waals surface area contributed by atoms with Crippen molar-refractivity contribution >= 4 is 17.2 Å². The SMILES string of the molecule is COc1cc(OC)cc(C(=O)NCc2csc(C)c2C)c1. The molecule has 0 spiro atoms. The van der Waals surface area contributed by atoms with Crippen LogP contribution in [0, 0.1) is 13.8 Å². The molecule has 0 aliphatic carbocycles. The van der Waals surface area contributed by atoms with E-state index in [2.05, 4.69) is 24.5 Å². The predicted octanol–water partition coefficient (Wildman–Crippen LogP) is 3.31. The Kier molecular flexibility index (Phi) is 4.85. The van der Waals surface area contributed by atoms with E-state index in [1.165, 1.54) is 10.4 Å². The first-order valence-corrected chi connectivity index (χ1v) is 7.48. The minimum Gasteiger partial charge on any atom is -0.497 e. The van der Waals surface area contributed by atoms with Gasteiger partial charge in [-0.25, -0.2) is 0 Å². The highest BCUT2D eigenvalue weighted by Gasteiger charge is 2.11. The first-order valence-electron chi connectivity index (χ1n) is 6.60. The van der Waals surface area contributed by atoms with Crippen molar-refractivity contribution in [2.24, 2.45) is 0 Å². The Morgan fingerprint density at radius 3 is 2.24 bits per heavy atom. The molecular weight excluding hydrogens is 286 g/mol. The molecule has 21 heavy (non-hydrogen) atoms. The molecule has 2 aromatic rings. The van der Waals surface area contributed by atoms with Crippen molar-refractivity contribution in [2.45, 2.75) is 20.4 Å². The summed E-state index contributed by atoms with van der Waals surface area (Å²) >= 11 is 1.70. The smallest absolute Gasteiger partial charge is 0.251 e. The summed E-state index contributed by atoms with van der Waals surface area (Å²) in [5.74, 6) is 1.06. The van der Waals surface area contributed by atoms with Crippen LogP contribution in [0.1, 0.15) is 26.4 Å². The lowest BCUT2D eigenvalue weighted by molar-refractivity contribution is 0.0950. The highest BCUT2D eigenvalue weighted by molar-refractivity contribution is 7.10. The van der Waals surface area contributed by atoms with Crippen molar-refractivity contribution in [1.29, 1.82) is 0 Å². The Bertz CT molecular complexity index is 627. The van der Waals surface area contributed by atoms with Gasteiger partial charge in [-0.1, -0.05) is 0 Å². The van der Waals surface area contributed by atoms with Crippen LogP contribution in [0.15, 0.2) is 23.6 Å². The van der Waals surface area contributed by atoms with Crippen LogP contribution < -0.4 is 14.8 Å². The molecule has 0 saturated heterocycles. The van der Waals surface area contributed by atoms with Crippen molar-refractivity contribution < 1.29 is 14.3 Å². The van der Waals surface area contributed by atoms with Crippen LogP contribution in [0.3, 0.4) is 0 Å². The second-order valence-electron chi connectivity index (χ2n) is 4.73. The number of benzene rings is 1. The first kappa shape index (κ1) is 15.4. The van der Waals surface area contributed by atoms with Crippen LogP contribution in [-0.4, -0.2) is 20.1 Å². The van der Waals surface area contributed by atoms with Crippen LogP contribution in [0.5, 0.6) is 11.5 Å². The average molecular weight is 305 g/mol. The minimum absolute atomic E-state index is 0.143. The van der Waals surface area contributed by atoms with Crippen LogP contribution in [0.2, 0.25) is 0 Å². The van der Waals surface area contributed by atoms with Gasteiger partial charge in [0.2, 0.25) is 0 Å². The van der Waals surface area contributed by atoms with E-state index in [1.807, 2.05) is 0 Å². The fourth-order valence-corrected chi connectivity index (χ4v) is 2.84. The number of ether oxygens (including phenoxy) is 2. The van der Waals surface area contributed by atoms with E-state index in [1.54, 1.807) is 43.8 Å². The third-order valence-electron chi connectivity index (χ3n) is 3.44. The molecule has 1 aromatic heterocycles. The first-order chi connectivity index (χ1) is 10.0. The van der Waals surface area contributed by atoms with Crippen LogP contribution >= 0.6 is 11.3 Å². The van der Waals surface area contributed by atoms with Gasteiger partial charge >= 0.3 is 0 Å². The molecule has 0 bridgehead atoms. The molecule has 0 aliphatic heterocycles. The molecule has 0 fully saturated rings. The quantitative estimate of drug-likeness (QED) is 0.922. The molecule has 0 atom stereocenters. The van der Waals surface area contributed by atoms with Gasteiger partial charge in [0, 0.05) is 23.1 Å². The lowest BCUT2D eigenvalue weighted by Crippen LogP contribution is -2.23. The molecule has 0 unspecified atom stereocenters. The zero-order valence-electron chi connectivity index (χ0n) is 12.6. The van der Waals surface area contributed by atoms with Gasteiger partial charge in [-0.2, -0.15) is 0 Å². The highest BCUT2D eigenvalue weighted by atomic mass is 32.1. The number of hydrogen-bond acceptors (Lipinski definition) is 4. The molecule has 112 valence electrons. The molecule has 1 heterocycles. The zero-order valence-corrected chi connectivity index (χ0v) is 13.5. The van der Waals surface area contributed by atoms with Crippen molar-refractivity contribution in [3.8, 4) is 11.5 Å². The van der Waals surface area contributed by atoms with E-state index in [0.717, 1.165) is 5.56 Å². The Labute approximate surface area is 128 Å². The molecule has 1 amide bonds. The fourth-order valence-electron chi connectivity index (χ4n) is 1.95. The number of carbonyl (C=O) groups excluding carboxylic acids is 1. The maximum Gasteiger partial charge on any atom is 0.251 e. The molecule has 0 aliphatic rings. The van der Waals surface area contributed by atoms with Crippen LogP contribution in [-0.2, 0) is 6.54 Å². The molecule has 4 nitrogen and oxygen atoms in total. The van der Waals surface area contributed by atoms with Gasteiger partial charge < -0.3 is 14.8 Å². The van der Waals surface area contributed by atoms with E-state index in [-0.39, 0.29) is 5.91 Å². The minimum atomic E-state index is -0.143. The number of aryl methyl sites for hydroxylation is 1. The van der Waals surface area contributed by atoms with Gasteiger partial charge in [0.05, 0.1) is 14.2 Å². The van der Waals surface area contributed by atoms with E-state index < -0.39 is 0 Å². The third-order valence-corrected chi connectivity index (χ3v) is 4.50. The van der Waals surface area contributed by atoms with Gasteiger partial charge in [0.1, 0.15) is 11.5 Å². The van der Waals surface area contributed by atoms with Crippen LogP contribution in [0.25, 0.3) is 0 Å². The Morgan fingerprint density at radius 1 is 1.14 bits per heavy atom. The molecular formula is C16H19NO3S. The summed E-state index contributed by atoms with van der Waals surface area (Å²) in [7, 11) is 3.13. The number of methoxy groups -OCH3 is 2.